The lowest BCUT2D eigenvalue weighted by Gasteiger charge is -2.46. The third kappa shape index (κ3) is 4.57. The van der Waals surface area contributed by atoms with E-state index in [0.29, 0.717) is 19.6 Å². The van der Waals surface area contributed by atoms with Crippen molar-refractivity contribution in [3.8, 4) is 0 Å². The van der Waals surface area contributed by atoms with Gasteiger partial charge in [-0.05, 0) is 24.8 Å². The summed E-state index contributed by atoms with van der Waals surface area (Å²) in [6, 6.07) is 10.3. The van der Waals surface area contributed by atoms with E-state index in [2.05, 4.69) is 46.8 Å². The molecule has 0 saturated carbocycles. The van der Waals surface area contributed by atoms with Crippen LogP contribution in [-0.2, 0) is 16.0 Å². The number of ether oxygens (including phenoxy) is 1. The van der Waals surface area contributed by atoms with Gasteiger partial charge in [0.15, 0.2) is 0 Å². The monoisotopic (exact) mass is 303 g/mol. The summed E-state index contributed by atoms with van der Waals surface area (Å²) in [7, 11) is 0. The minimum absolute atomic E-state index is 0.0143. The van der Waals surface area contributed by atoms with Crippen LogP contribution in [0.3, 0.4) is 0 Å². The van der Waals surface area contributed by atoms with Crippen molar-refractivity contribution in [1.29, 1.82) is 0 Å². The molecule has 1 saturated heterocycles. The molecule has 1 amide bonds. The molecule has 1 aliphatic heterocycles. The molecular weight excluding hydrogens is 274 g/mol. The van der Waals surface area contributed by atoms with Gasteiger partial charge in [0.2, 0.25) is 5.91 Å². The number of carbonyl (C=O) groups is 1. The first kappa shape index (κ1) is 17.0. The lowest BCUT2D eigenvalue weighted by molar-refractivity contribution is -0.155. The third-order valence-corrected chi connectivity index (χ3v) is 4.08. The van der Waals surface area contributed by atoms with Crippen LogP contribution in [0.4, 0.5) is 0 Å². The Labute approximate surface area is 134 Å². The summed E-state index contributed by atoms with van der Waals surface area (Å²) in [6.45, 7) is 11.8. The van der Waals surface area contributed by atoms with E-state index in [0.717, 1.165) is 6.42 Å². The van der Waals surface area contributed by atoms with Gasteiger partial charge < -0.3 is 9.64 Å². The smallest absolute Gasteiger partial charge is 0.223 e. The molecule has 0 spiro atoms. The quantitative estimate of drug-likeness (QED) is 0.852. The van der Waals surface area contributed by atoms with E-state index < -0.39 is 0 Å². The highest BCUT2D eigenvalue weighted by Crippen LogP contribution is 2.28. The lowest BCUT2D eigenvalue weighted by atomic mass is 9.89. The van der Waals surface area contributed by atoms with E-state index in [1.807, 2.05) is 23.1 Å². The van der Waals surface area contributed by atoms with Crippen molar-refractivity contribution in [1.82, 2.24) is 4.90 Å². The molecule has 0 N–H and O–H groups in total. The zero-order valence-electron chi connectivity index (χ0n) is 14.6. The van der Waals surface area contributed by atoms with Crippen molar-refractivity contribution in [3.63, 3.8) is 0 Å². The minimum Gasteiger partial charge on any atom is -0.374 e. The molecule has 122 valence electrons. The van der Waals surface area contributed by atoms with Gasteiger partial charge in [-0.25, -0.2) is 0 Å². The number of hydrogen-bond donors (Lipinski definition) is 0. The van der Waals surface area contributed by atoms with Gasteiger partial charge in [-0.1, -0.05) is 51.1 Å². The molecule has 3 nitrogen and oxygen atoms in total. The summed E-state index contributed by atoms with van der Waals surface area (Å²) in [5, 5.41) is 0. The molecule has 1 heterocycles. The SMILES string of the molecule is CC(C)(C)CC(=O)N1CC(Cc2ccccc2)OCC1(C)C. The molecule has 3 heteroatoms. The molecule has 1 unspecified atom stereocenters. The normalized spacial score (nSPS) is 21.7. The fourth-order valence-electron chi connectivity index (χ4n) is 2.89. The zero-order chi connectivity index (χ0) is 16.4. The predicted octanol–water partition coefficient (Wildman–Crippen LogP) is 3.67. The van der Waals surface area contributed by atoms with Crippen LogP contribution >= 0.6 is 0 Å². The Morgan fingerprint density at radius 2 is 1.91 bits per heavy atom. The molecular formula is C19H29NO2. The molecule has 22 heavy (non-hydrogen) atoms. The first-order valence-corrected chi connectivity index (χ1v) is 8.13. The molecule has 0 aromatic heterocycles. The van der Waals surface area contributed by atoms with Gasteiger partial charge >= 0.3 is 0 Å². The molecule has 0 radical (unpaired) electrons. The van der Waals surface area contributed by atoms with Crippen molar-refractivity contribution in [2.24, 2.45) is 5.41 Å². The summed E-state index contributed by atoms with van der Waals surface area (Å²) >= 11 is 0. The lowest BCUT2D eigenvalue weighted by Crippen LogP contribution is -2.59. The first-order valence-electron chi connectivity index (χ1n) is 8.13. The Kier molecular flexibility index (Phi) is 4.96. The molecule has 1 fully saturated rings. The molecule has 1 aliphatic rings. The summed E-state index contributed by atoms with van der Waals surface area (Å²) in [4.78, 5) is 14.7. The second-order valence-electron chi connectivity index (χ2n) is 8.18. The van der Waals surface area contributed by atoms with Crippen LogP contribution in [-0.4, -0.2) is 35.6 Å². The largest absolute Gasteiger partial charge is 0.374 e. The van der Waals surface area contributed by atoms with Crippen LogP contribution < -0.4 is 0 Å². The summed E-state index contributed by atoms with van der Waals surface area (Å²) in [5.74, 6) is 0.235. The van der Waals surface area contributed by atoms with Crippen LogP contribution in [0.25, 0.3) is 0 Å². The molecule has 1 aromatic rings. The van der Waals surface area contributed by atoms with Crippen molar-refractivity contribution in [3.05, 3.63) is 35.9 Å². The highest BCUT2D eigenvalue weighted by atomic mass is 16.5. The van der Waals surface area contributed by atoms with Gasteiger partial charge in [0, 0.05) is 19.4 Å². The number of hydrogen-bond acceptors (Lipinski definition) is 2. The van der Waals surface area contributed by atoms with Crippen molar-refractivity contribution in [2.75, 3.05) is 13.2 Å². The molecule has 1 atom stereocenters. The fourth-order valence-corrected chi connectivity index (χ4v) is 2.89. The standard InChI is InChI=1S/C19H29NO2/c1-18(2,3)12-17(21)20-13-16(22-14-19(20,4)5)11-15-9-7-6-8-10-15/h6-10,16H,11-14H2,1-5H3. The van der Waals surface area contributed by atoms with E-state index in [1.165, 1.54) is 5.56 Å². The highest BCUT2D eigenvalue weighted by molar-refractivity contribution is 5.77. The highest BCUT2D eigenvalue weighted by Gasteiger charge is 2.38. The van der Waals surface area contributed by atoms with Crippen LogP contribution in [0.15, 0.2) is 30.3 Å². The minimum atomic E-state index is -0.227. The topological polar surface area (TPSA) is 29.5 Å². The van der Waals surface area contributed by atoms with Gasteiger partial charge in [0.05, 0.1) is 18.2 Å². The molecule has 2 rings (SSSR count). The Morgan fingerprint density at radius 3 is 2.50 bits per heavy atom. The van der Waals surface area contributed by atoms with Crippen molar-refractivity contribution >= 4 is 5.91 Å². The maximum Gasteiger partial charge on any atom is 0.223 e. The second kappa shape index (κ2) is 6.41. The molecule has 0 aliphatic carbocycles. The van der Waals surface area contributed by atoms with E-state index in [9.17, 15) is 4.79 Å². The predicted molar refractivity (Wildman–Crippen MR) is 89.8 cm³/mol. The van der Waals surface area contributed by atoms with E-state index >= 15 is 0 Å². The van der Waals surface area contributed by atoms with Crippen molar-refractivity contribution in [2.45, 2.75) is 59.1 Å². The van der Waals surface area contributed by atoms with Gasteiger partial charge in [-0.15, -0.1) is 0 Å². The molecule has 0 bridgehead atoms. The average Bonchev–Trinajstić information content (AvgIpc) is 2.40. The van der Waals surface area contributed by atoms with E-state index in [1.54, 1.807) is 0 Å². The summed E-state index contributed by atoms with van der Waals surface area (Å²) in [6.07, 6.45) is 1.52. The number of nitrogens with zero attached hydrogens (tertiary/aromatic N) is 1. The van der Waals surface area contributed by atoms with Crippen LogP contribution in [0.5, 0.6) is 0 Å². The van der Waals surface area contributed by atoms with Crippen LogP contribution in [0.1, 0.15) is 46.6 Å². The maximum atomic E-state index is 12.7. The number of amides is 1. The number of rotatable bonds is 3. The summed E-state index contributed by atoms with van der Waals surface area (Å²) < 4.78 is 6.01. The van der Waals surface area contributed by atoms with E-state index in [-0.39, 0.29) is 23.0 Å². The fraction of sp³-hybridized carbons (Fsp3) is 0.632. The maximum absolute atomic E-state index is 12.7. The number of benzene rings is 1. The van der Waals surface area contributed by atoms with Crippen LogP contribution in [0, 0.1) is 5.41 Å². The van der Waals surface area contributed by atoms with Crippen molar-refractivity contribution < 1.29 is 9.53 Å². The van der Waals surface area contributed by atoms with Gasteiger partial charge in [-0.3, -0.25) is 4.79 Å². The van der Waals surface area contributed by atoms with Gasteiger partial charge in [0.25, 0.3) is 0 Å². The second-order valence-corrected chi connectivity index (χ2v) is 8.18. The third-order valence-electron chi connectivity index (χ3n) is 4.08. The summed E-state index contributed by atoms with van der Waals surface area (Å²) in [5.41, 5.74) is 1.05. The Hall–Kier alpha value is -1.35. The molecule has 1 aromatic carbocycles. The van der Waals surface area contributed by atoms with Gasteiger partial charge in [-0.2, -0.15) is 0 Å². The van der Waals surface area contributed by atoms with Gasteiger partial charge in [0.1, 0.15) is 0 Å². The number of carbonyl (C=O) groups excluding carboxylic acids is 1. The Balaban J connectivity index is 2.05. The first-order chi connectivity index (χ1) is 10.2. The number of morpholine rings is 1. The Morgan fingerprint density at radius 1 is 1.27 bits per heavy atom. The zero-order valence-corrected chi connectivity index (χ0v) is 14.6. The van der Waals surface area contributed by atoms with E-state index in [4.69, 9.17) is 4.74 Å². The Bertz CT molecular complexity index is 502. The van der Waals surface area contributed by atoms with Crippen LogP contribution in [0.2, 0.25) is 0 Å². The average molecular weight is 303 g/mol.